The summed E-state index contributed by atoms with van der Waals surface area (Å²) in [4.78, 5) is 39.7. The van der Waals surface area contributed by atoms with E-state index in [2.05, 4.69) is 0 Å². The van der Waals surface area contributed by atoms with Crippen LogP contribution in [0.5, 0.6) is 0 Å². The quantitative estimate of drug-likeness (QED) is 0.772. The number of carbonyl (C=O) groups excluding carboxylic acids is 3. The molecule has 2 aliphatic rings. The van der Waals surface area contributed by atoms with E-state index in [1.807, 2.05) is 0 Å². The highest BCUT2D eigenvalue weighted by Crippen LogP contribution is 2.26. The first-order valence-electron chi connectivity index (χ1n) is 9.48. The number of nitrogens with zero attached hydrogens (tertiary/aromatic N) is 2. The topological polar surface area (TPSA) is 66.9 Å². The molecule has 0 N–H and O–H groups in total. The Bertz CT molecular complexity index is 745. The molecule has 0 radical (unpaired) electrons. The minimum absolute atomic E-state index is 0.234. The van der Waals surface area contributed by atoms with Crippen molar-refractivity contribution in [1.29, 1.82) is 0 Å². The zero-order chi connectivity index (χ0) is 20.0. The third-order valence-electron chi connectivity index (χ3n) is 4.25. The average molecular weight is 346 g/mol. The van der Waals surface area contributed by atoms with E-state index in [0.717, 1.165) is 4.90 Å². The number of amides is 3. The Balaban J connectivity index is 1.70. The summed E-state index contributed by atoms with van der Waals surface area (Å²) in [5.74, 6) is -1.75. The molecule has 1 aromatic carbocycles. The Kier molecular flexibility index (Phi) is 3.88. The van der Waals surface area contributed by atoms with Gasteiger partial charge in [-0.2, -0.15) is 0 Å². The first kappa shape index (κ1) is 14.9. The van der Waals surface area contributed by atoms with E-state index >= 15 is 0 Å². The fourth-order valence-corrected chi connectivity index (χ4v) is 3.01. The molecule has 0 saturated carbocycles. The van der Waals surface area contributed by atoms with Gasteiger partial charge < -0.3 is 9.64 Å². The van der Waals surface area contributed by atoms with Gasteiger partial charge in [0.05, 0.1) is 13.9 Å². The largest absolute Gasteiger partial charge is 0.444 e. The lowest BCUT2D eigenvalue weighted by molar-refractivity contribution is 0.0166. The smallest absolute Gasteiger partial charge is 0.410 e. The summed E-state index contributed by atoms with van der Waals surface area (Å²) in [5, 5.41) is 0. The van der Waals surface area contributed by atoms with Crippen molar-refractivity contribution in [2.45, 2.75) is 39.2 Å². The summed E-state index contributed by atoms with van der Waals surface area (Å²) in [7, 11) is 0. The van der Waals surface area contributed by atoms with Gasteiger partial charge in [0.15, 0.2) is 0 Å². The molecule has 134 valence electrons. The van der Waals surface area contributed by atoms with E-state index in [1.54, 1.807) is 37.8 Å². The standard InChI is InChI=1S/C19H24N2O4/c1-19(2,3)25-18(24)20-10-8-13(9-11-20)12-21-16(22)14-6-4-5-7-15(14)17(21)23/h4-7,13H,8-12H2,1-3H3/i12D2. The molecule has 0 spiro atoms. The van der Waals surface area contributed by atoms with Gasteiger partial charge in [0.1, 0.15) is 5.60 Å². The van der Waals surface area contributed by atoms with Gasteiger partial charge in [-0.05, 0) is 51.7 Å². The number of benzene rings is 1. The van der Waals surface area contributed by atoms with E-state index in [-0.39, 0.29) is 11.1 Å². The Labute approximate surface area is 150 Å². The Morgan fingerprint density at radius 3 is 2.16 bits per heavy atom. The van der Waals surface area contributed by atoms with E-state index in [0.29, 0.717) is 25.9 Å². The first-order valence-corrected chi connectivity index (χ1v) is 8.48. The van der Waals surface area contributed by atoms with Gasteiger partial charge in [-0.1, -0.05) is 12.1 Å². The molecular weight excluding hydrogens is 320 g/mol. The summed E-state index contributed by atoms with van der Waals surface area (Å²) >= 11 is 0. The average Bonchev–Trinajstić information content (AvgIpc) is 2.85. The van der Waals surface area contributed by atoms with Crippen LogP contribution >= 0.6 is 0 Å². The number of ether oxygens (including phenoxy) is 1. The summed E-state index contributed by atoms with van der Waals surface area (Å²) in [6.45, 7) is 3.90. The lowest BCUT2D eigenvalue weighted by Crippen LogP contribution is -2.44. The highest BCUT2D eigenvalue weighted by atomic mass is 16.6. The van der Waals surface area contributed by atoms with E-state index in [1.165, 1.54) is 12.1 Å². The number of carbonyl (C=O) groups is 3. The molecule has 1 aromatic rings. The van der Waals surface area contributed by atoms with Crippen LogP contribution in [0, 0.1) is 5.92 Å². The summed E-state index contributed by atoms with van der Waals surface area (Å²) in [5.41, 5.74) is -0.127. The van der Waals surface area contributed by atoms with Gasteiger partial charge in [-0.25, -0.2) is 4.79 Å². The van der Waals surface area contributed by atoms with E-state index in [9.17, 15) is 14.4 Å². The van der Waals surface area contributed by atoms with Gasteiger partial charge >= 0.3 is 6.09 Å². The molecule has 3 rings (SSSR count). The normalized spacial score (nSPS) is 20.3. The van der Waals surface area contributed by atoms with Crippen LogP contribution in [-0.2, 0) is 4.74 Å². The van der Waals surface area contributed by atoms with Crippen molar-refractivity contribution in [2.75, 3.05) is 19.6 Å². The third kappa shape index (κ3) is 3.67. The third-order valence-corrected chi connectivity index (χ3v) is 4.25. The van der Waals surface area contributed by atoms with Crippen LogP contribution in [0.3, 0.4) is 0 Å². The maximum absolute atomic E-state index is 12.6. The second kappa shape index (κ2) is 6.50. The Morgan fingerprint density at radius 1 is 1.16 bits per heavy atom. The molecule has 0 bridgehead atoms. The molecule has 6 heteroatoms. The maximum Gasteiger partial charge on any atom is 0.410 e. The van der Waals surface area contributed by atoms with Crippen molar-refractivity contribution in [2.24, 2.45) is 5.92 Å². The highest BCUT2D eigenvalue weighted by Gasteiger charge is 2.37. The van der Waals surface area contributed by atoms with Crippen molar-refractivity contribution in [3.05, 3.63) is 35.4 Å². The molecule has 1 fully saturated rings. The minimum atomic E-state index is -2.12. The second-order valence-corrected chi connectivity index (χ2v) is 7.36. The lowest BCUT2D eigenvalue weighted by Gasteiger charge is -2.34. The molecule has 0 atom stereocenters. The van der Waals surface area contributed by atoms with Gasteiger partial charge in [-0.15, -0.1) is 0 Å². The summed E-state index contributed by atoms with van der Waals surface area (Å²) in [6.07, 6.45) is 0.265. The monoisotopic (exact) mass is 346 g/mol. The fraction of sp³-hybridized carbons (Fsp3) is 0.526. The summed E-state index contributed by atoms with van der Waals surface area (Å²) < 4.78 is 22.3. The van der Waals surface area contributed by atoms with Gasteiger partial charge in [0.25, 0.3) is 11.8 Å². The molecule has 0 aliphatic carbocycles. The molecule has 2 heterocycles. The molecule has 0 unspecified atom stereocenters. The van der Waals surface area contributed by atoms with Gasteiger partial charge in [0, 0.05) is 19.6 Å². The van der Waals surface area contributed by atoms with Gasteiger partial charge in [0.2, 0.25) is 0 Å². The van der Waals surface area contributed by atoms with Crippen LogP contribution in [0.2, 0.25) is 0 Å². The molecule has 1 saturated heterocycles. The lowest BCUT2D eigenvalue weighted by atomic mass is 9.96. The molecule has 25 heavy (non-hydrogen) atoms. The Hall–Kier alpha value is -2.37. The van der Waals surface area contributed by atoms with Crippen molar-refractivity contribution < 1.29 is 21.9 Å². The van der Waals surface area contributed by atoms with E-state index in [4.69, 9.17) is 7.48 Å². The van der Waals surface area contributed by atoms with Crippen LogP contribution in [-0.4, -0.2) is 52.9 Å². The van der Waals surface area contributed by atoms with Crippen LogP contribution in [0.1, 0.15) is 57.1 Å². The second-order valence-electron chi connectivity index (χ2n) is 7.36. The van der Waals surface area contributed by atoms with Crippen LogP contribution in [0.15, 0.2) is 24.3 Å². The predicted octanol–water partition coefficient (Wildman–Crippen LogP) is 2.93. The van der Waals surface area contributed by atoms with Crippen molar-refractivity contribution >= 4 is 17.9 Å². The highest BCUT2D eigenvalue weighted by molar-refractivity contribution is 6.21. The summed E-state index contributed by atoms with van der Waals surface area (Å²) in [6, 6.07) is 6.39. The fourth-order valence-electron chi connectivity index (χ4n) is 3.01. The maximum atomic E-state index is 12.6. The van der Waals surface area contributed by atoms with Crippen molar-refractivity contribution in [3.63, 3.8) is 0 Å². The Morgan fingerprint density at radius 2 is 1.68 bits per heavy atom. The van der Waals surface area contributed by atoms with Crippen LogP contribution in [0.25, 0.3) is 0 Å². The zero-order valence-corrected chi connectivity index (χ0v) is 14.7. The number of piperidine rings is 1. The van der Waals surface area contributed by atoms with Crippen LogP contribution in [0.4, 0.5) is 4.79 Å². The molecule has 3 amide bonds. The molecule has 0 aromatic heterocycles. The number of rotatable bonds is 2. The number of imide groups is 1. The molecule has 6 nitrogen and oxygen atoms in total. The number of likely N-dealkylation sites (tertiary alicyclic amines) is 1. The number of fused-ring (bicyclic) bond motifs is 1. The minimum Gasteiger partial charge on any atom is -0.444 e. The number of hydrogen-bond acceptors (Lipinski definition) is 4. The van der Waals surface area contributed by atoms with E-state index < -0.39 is 35.9 Å². The van der Waals surface area contributed by atoms with Gasteiger partial charge in [-0.3, -0.25) is 14.5 Å². The zero-order valence-electron chi connectivity index (χ0n) is 16.7. The molecule has 2 aliphatic heterocycles. The first-order chi connectivity index (χ1) is 12.5. The van der Waals surface area contributed by atoms with Crippen molar-refractivity contribution in [1.82, 2.24) is 9.80 Å². The van der Waals surface area contributed by atoms with Crippen molar-refractivity contribution in [3.8, 4) is 0 Å². The number of hydrogen-bond donors (Lipinski definition) is 0. The molecular formula is C19H24N2O4. The SMILES string of the molecule is [2H]C([2H])(C1CCN(C(=O)OC(C)(C)C)CC1)N1C(=O)c2ccccc2C1=O. The predicted molar refractivity (Wildman–Crippen MR) is 92.3 cm³/mol. The van der Waals surface area contributed by atoms with Crippen LogP contribution < -0.4 is 0 Å².